The molecule has 1 aromatic rings. The van der Waals surface area contributed by atoms with E-state index in [1.807, 2.05) is 0 Å². The molecule has 1 rings (SSSR count). The smallest absolute Gasteiger partial charge is 0.378 e. The number of nitrogens with two attached hydrogens (primary N) is 1. The molecule has 8 heteroatoms. The maximum absolute atomic E-state index is 12.4. The number of rotatable bonds is 5. The summed E-state index contributed by atoms with van der Waals surface area (Å²) in [5, 5.41) is 11.9. The van der Waals surface area contributed by atoms with Crippen LogP contribution in [-0.4, -0.2) is 23.0 Å². The molecule has 2 amide bonds. The molecule has 1 aromatic carbocycles. The number of aliphatic hydroxyl groups excluding tert-OH is 1. The molecule has 0 fully saturated rings. The number of alkyl halides is 3. The molecule has 0 bridgehead atoms. The maximum Gasteiger partial charge on any atom is 0.416 e. The zero-order chi connectivity index (χ0) is 16.9. The predicted molar refractivity (Wildman–Crippen MR) is 71.0 cm³/mol. The quantitative estimate of drug-likeness (QED) is 0.700. The van der Waals surface area contributed by atoms with Gasteiger partial charge in [0.05, 0.1) is 5.56 Å². The van der Waals surface area contributed by atoms with Crippen LogP contribution in [0.1, 0.15) is 23.7 Å². The van der Waals surface area contributed by atoms with Crippen molar-refractivity contribution in [2.45, 2.75) is 24.7 Å². The van der Waals surface area contributed by atoms with Gasteiger partial charge in [-0.05, 0) is 17.7 Å². The fraction of sp³-hybridized carbons (Fsp3) is 0.286. The number of terminal acetylenes is 1. The third-order valence-electron chi connectivity index (χ3n) is 2.78. The molecule has 0 saturated heterocycles. The third-order valence-corrected chi connectivity index (χ3v) is 2.78. The first-order chi connectivity index (χ1) is 10.2. The van der Waals surface area contributed by atoms with Crippen LogP contribution >= 0.6 is 0 Å². The number of nitrogens with one attached hydrogen (secondary N) is 1. The molecular formula is C14H13F3N2O3. The Morgan fingerprint density at radius 3 is 2.27 bits per heavy atom. The Bertz CT molecular complexity index is 591. The van der Waals surface area contributed by atoms with Crippen LogP contribution in [-0.2, 0) is 15.8 Å². The van der Waals surface area contributed by atoms with Crippen LogP contribution in [0.4, 0.5) is 13.2 Å². The van der Waals surface area contributed by atoms with Gasteiger partial charge in [-0.2, -0.15) is 13.2 Å². The van der Waals surface area contributed by atoms with E-state index < -0.39 is 35.7 Å². The first-order valence-corrected chi connectivity index (χ1v) is 6.05. The van der Waals surface area contributed by atoms with Gasteiger partial charge in [-0.25, -0.2) is 0 Å². The van der Waals surface area contributed by atoms with Crippen molar-refractivity contribution in [2.75, 3.05) is 0 Å². The summed E-state index contributed by atoms with van der Waals surface area (Å²) in [7, 11) is 0. The Labute approximate surface area is 124 Å². The highest BCUT2D eigenvalue weighted by atomic mass is 19.4. The van der Waals surface area contributed by atoms with Gasteiger partial charge in [-0.1, -0.05) is 12.1 Å². The summed E-state index contributed by atoms with van der Waals surface area (Å²) >= 11 is 0. The second-order valence-corrected chi connectivity index (χ2v) is 4.39. The van der Waals surface area contributed by atoms with Crippen LogP contribution in [0.15, 0.2) is 24.3 Å². The van der Waals surface area contributed by atoms with Gasteiger partial charge < -0.3 is 16.2 Å². The van der Waals surface area contributed by atoms with Crippen LogP contribution in [0.3, 0.4) is 0 Å². The highest BCUT2D eigenvalue weighted by molar-refractivity contribution is 5.89. The Kier molecular flexibility index (Phi) is 5.54. The third kappa shape index (κ3) is 4.49. The second kappa shape index (κ2) is 6.95. The maximum atomic E-state index is 12.4. The van der Waals surface area contributed by atoms with Crippen molar-refractivity contribution >= 4 is 11.8 Å². The average Bonchev–Trinajstić information content (AvgIpc) is 2.45. The topological polar surface area (TPSA) is 92.4 Å². The van der Waals surface area contributed by atoms with Crippen molar-refractivity contribution in [1.29, 1.82) is 0 Å². The molecule has 0 radical (unpaired) electrons. The van der Waals surface area contributed by atoms with Crippen molar-refractivity contribution in [2.24, 2.45) is 5.73 Å². The van der Waals surface area contributed by atoms with Crippen LogP contribution in [0.2, 0.25) is 0 Å². The molecule has 0 aliphatic rings. The largest absolute Gasteiger partial charge is 0.416 e. The molecule has 0 aliphatic heterocycles. The van der Waals surface area contributed by atoms with Gasteiger partial charge >= 0.3 is 6.18 Å². The average molecular weight is 314 g/mol. The number of benzene rings is 1. The molecule has 22 heavy (non-hydrogen) atoms. The summed E-state index contributed by atoms with van der Waals surface area (Å²) in [6.45, 7) is 0. The molecule has 0 heterocycles. The first kappa shape index (κ1) is 17.5. The number of carbonyl (C=O) groups is 2. The minimum Gasteiger partial charge on any atom is -0.378 e. The first-order valence-electron chi connectivity index (χ1n) is 6.05. The van der Waals surface area contributed by atoms with Gasteiger partial charge in [-0.3, -0.25) is 9.59 Å². The summed E-state index contributed by atoms with van der Waals surface area (Å²) in [4.78, 5) is 22.8. The molecule has 118 valence electrons. The lowest BCUT2D eigenvalue weighted by Gasteiger charge is -2.17. The van der Waals surface area contributed by atoms with E-state index in [4.69, 9.17) is 12.2 Å². The zero-order valence-electron chi connectivity index (χ0n) is 11.2. The summed E-state index contributed by atoms with van der Waals surface area (Å²) < 4.78 is 37.2. The minimum atomic E-state index is -4.52. The number of hydrogen-bond acceptors (Lipinski definition) is 3. The minimum absolute atomic E-state index is 0.0607. The number of aliphatic hydroxyl groups is 1. The van der Waals surface area contributed by atoms with E-state index in [1.54, 1.807) is 0 Å². The molecule has 0 spiro atoms. The van der Waals surface area contributed by atoms with Crippen molar-refractivity contribution in [1.82, 2.24) is 5.32 Å². The normalized spacial score (nSPS) is 13.8. The summed E-state index contributed by atoms with van der Waals surface area (Å²) in [5.41, 5.74) is 4.05. The molecule has 5 nitrogen and oxygen atoms in total. The highest BCUT2D eigenvalue weighted by Crippen LogP contribution is 2.29. The molecule has 0 aliphatic carbocycles. The van der Waals surface area contributed by atoms with E-state index in [2.05, 4.69) is 11.2 Å². The van der Waals surface area contributed by atoms with E-state index >= 15 is 0 Å². The lowest BCUT2D eigenvalue weighted by atomic mass is 10.1. The van der Waals surface area contributed by atoms with Gasteiger partial charge in [0.1, 0.15) is 6.04 Å². The van der Waals surface area contributed by atoms with Crippen LogP contribution in [0.5, 0.6) is 0 Å². The fourth-order valence-electron chi connectivity index (χ4n) is 1.60. The summed E-state index contributed by atoms with van der Waals surface area (Å²) in [6.07, 6.45) is -1.42. The van der Waals surface area contributed by atoms with E-state index in [9.17, 15) is 27.9 Å². The van der Waals surface area contributed by atoms with Gasteiger partial charge in [0.15, 0.2) is 6.10 Å². The van der Waals surface area contributed by atoms with Crippen LogP contribution in [0, 0.1) is 12.3 Å². The lowest BCUT2D eigenvalue weighted by Crippen LogP contribution is -2.45. The SMILES string of the molecule is C#CC[C@H](NC(=O)[C@H](O)c1ccc(C(F)(F)F)cc1)C(N)=O. The Hall–Kier alpha value is -2.53. The van der Waals surface area contributed by atoms with E-state index in [0.717, 1.165) is 24.3 Å². The fourth-order valence-corrected chi connectivity index (χ4v) is 1.60. The Balaban J connectivity index is 2.83. The second-order valence-electron chi connectivity index (χ2n) is 4.39. The number of amides is 2. The van der Waals surface area contributed by atoms with Gasteiger partial charge in [0.2, 0.25) is 5.91 Å². The standard InChI is InChI=1S/C14H13F3N2O3/c1-2-3-10(12(18)21)19-13(22)11(20)8-4-6-9(7-5-8)14(15,16)17/h1,4-7,10-11,20H,3H2,(H2,18,21)(H,19,22)/t10-,11+/m0/s1. The van der Waals surface area contributed by atoms with Crippen LogP contribution < -0.4 is 11.1 Å². The number of primary amides is 1. The van der Waals surface area contributed by atoms with Crippen molar-refractivity contribution in [3.8, 4) is 12.3 Å². The number of carbonyl (C=O) groups excluding carboxylic acids is 2. The summed E-state index contributed by atoms with van der Waals surface area (Å²) in [6, 6.07) is 2.24. The Morgan fingerprint density at radius 1 is 1.32 bits per heavy atom. The van der Waals surface area contributed by atoms with Crippen molar-refractivity contribution in [3.05, 3.63) is 35.4 Å². The monoisotopic (exact) mass is 314 g/mol. The van der Waals surface area contributed by atoms with Crippen LogP contribution in [0.25, 0.3) is 0 Å². The van der Waals surface area contributed by atoms with E-state index in [1.165, 1.54) is 0 Å². The summed E-state index contributed by atoms with van der Waals surface area (Å²) in [5.74, 6) is 0.264. The zero-order valence-corrected chi connectivity index (χ0v) is 11.2. The van der Waals surface area contributed by atoms with Crippen molar-refractivity contribution < 1.29 is 27.9 Å². The van der Waals surface area contributed by atoms with E-state index in [0.29, 0.717) is 0 Å². The number of hydrogen-bond donors (Lipinski definition) is 3. The molecular weight excluding hydrogens is 301 g/mol. The Morgan fingerprint density at radius 2 is 1.86 bits per heavy atom. The predicted octanol–water partition coefficient (Wildman–Crippen LogP) is 0.732. The molecule has 4 N–H and O–H groups in total. The van der Waals surface area contributed by atoms with E-state index in [-0.39, 0.29) is 12.0 Å². The molecule has 0 aromatic heterocycles. The molecule has 0 saturated carbocycles. The highest BCUT2D eigenvalue weighted by Gasteiger charge is 2.31. The number of halogens is 3. The molecule has 0 unspecified atom stereocenters. The van der Waals surface area contributed by atoms with Crippen molar-refractivity contribution in [3.63, 3.8) is 0 Å². The van der Waals surface area contributed by atoms with Gasteiger partial charge in [0, 0.05) is 6.42 Å². The lowest BCUT2D eigenvalue weighted by molar-refractivity contribution is -0.137. The van der Waals surface area contributed by atoms with Gasteiger partial charge in [-0.15, -0.1) is 12.3 Å². The molecule has 2 atom stereocenters. The van der Waals surface area contributed by atoms with Gasteiger partial charge in [0.25, 0.3) is 5.91 Å².